The molecule has 0 aromatic heterocycles. The first-order valence-electron chi connectivity index (χ1n) is 4.32. The summed E-state index contributed by atoms with van der Waals surface area (Å²) < 4.78 is 0. The molecule has 0 radical (unpaired) electrons. The van der Waals surface area contributed by atoms with E-state index in [0.29, 0.717) is 5.96 Å². The Morgan fingerprint density at radius 1 is 1.50 bits per heavy atom. The summed E-state index contributed by atoms with van der Waals surface area (Å²) in [5.41, 5.74) is 11.6. The fraction of sp³-hybridized carbons (Fsp3) is 0.333. The van der Waals surface area contributed by atoms with Crippen molar-refractivity contribution in [1.29, 1.82) is 0 Å². The third kappa shape index (κ3) is 2.35. The zero-order chi connectivity index (χ0) is 10.6. The van der Waals surface area contributed by atoms with Crippen LogP contribution in [0, 0.1) is 0 Å². The third-order valence-electron chi connectivity index (χ3n) is 1.87. The van der Waals surface area contributed by atoms with Crippen LogP contribution in [0.25, 0.3) is 0 Å². The molecule has 1 rings (SSSR count). The standard InChI is InChI=1S/C9H15N5/c1-12-9(13-8(10)11)14(2)7-5-3-4-6-7/h3,5-6H,4H2,1-2H3,(H4,10,11,12,13). The first-order chi connectivity index (χ1) is 6.65. The molecule has 0 amide bonds. The number of guanidine groups is 2. The monoisotopic (exact) mass is 193 g/mol. The highest BCUT2D eigenvalue weighted by Gasteiger charge is 2.09. The van der Waals surface area contributed by atoms with E-state index in [1.54, 1.807) is 7.05 Å². The van der Waals surface area contributed by atoms with Crippen LogP contribution in [0.1, 0.15) is 6.42 Å². The highest BCUT2D eigenvalue weighted by atomic mass is 15.3. The Balaban J connectivity index is 2.81. The second kappa shape index (κ2) is 4.45. The Labute approximate surface area is 83.5 Å². The predicted molar refractivity (Wildman–Crippen MR) is 58.8 cm³/mol. The van der Waals surface area contributed by atoms with Gasteiger partial charge in [0.05, 0.1) is 0 Å². The highest BCUT2D eigenvalue weighted by molar-refractivity contribution is 5.94. The lowest BCUT2D eigenvalue weighted by Crippen LogP contribution is -2.30. The molecule has 0 unspecified atom stereocenters. The lowest BCUT2D eigenvalue weighted by atomic mass is 10.4. The van der Waals surface area contributed by atoms with Gasteiger partial charge in [-0.05, 0) is 12.5 Å². The molecule has 0 heterocycles. The van der Waals surface area contributed by atoms with Crippen molar-refractivity contribution >= 4 is 11.9 Å². The van der Waals surface area contributed by atoms with E-state index in [4.69, 9.17) is 11.5 Å². The van der Waals surface area contributed by atoms with Gasteiger partial charge in [-0.1, -0.05) is 12.2 Å². The van der Waals surface area contributed by atoms with E-state index in [2.05, 4.69) is 22.1 Å². The summed E-state index contributed by atoms with van der Waals surface area (Å²) in [5, 5.41) is 0. The maximum atomic E-state index is 5.29. The number of allylic oxidation sites excluding steroid dienone is 3. The molecule has 0 saturated carbocycles. The van der Waals surface area contributed by atoms with Crippen molar-refractivity contribution < 1.29 is 0 Å². The van der Waals surface area contributed by atoms with Gasteiger partial charge in [-0.2, -0.15) is 4.99 Å². The molecular formula is C9H15N5. The largest absolute Gasteiger partial charge is 0.370 e. The lowest BCUT2D eigenvalue weighted by Gasteiger charge is -2.17. The summed E-state index contributed by atoms with van der Waals surface area (Å²) in [6.45, 7) is 0. The minimum atomic E-state index is 0.0139. The van der Waals surface area contributed by atoms with Gasteiger partial charge in [0.15, 0.2) is 5.96 Å². The van der Waals surface area contributed by atoms with Crippen molar-refractivity contribution in [1.82, 2.24) is 4.90 Å². The molecule has 76 valence electrons. The molecule has 1 aliphatic carbocycles. The van der Waals surface area contributed by atoms with Gasteiger partial charge < -0.3 is 16.4 Å². The normalized spacial score (nSPS) is 15.3. The van der Waals surface area contributed by atoms with Gasteiger partial charge in [0, 0.05) is 19.8 Å². The first-order valence-corrected chi connectivity index (χ1v) is 4.32. The maximum absolute atomic E-state index is 5.29. The van der Waals surface area contributed by atoms with Crippen molar-refractivity contribution in [3.63, 3.8) is 0 Å². The fourth-order valence-corrected chi connectivity index (χ4v) is 1.20. The van der Waals surface area contributed by atoms with Crippen molar-refractivity contribution in [3.8, 4) is 0 Å². The lowest BCUT2D eigenvalue weighted by molar-refractivity contribution is 0.638. The van der Waals surface area contributed by atoms with Gasteiger partial charge in [0.25, 0.3) is 0 Å². The van der Waals surface area contributed by atoms with Crippen LogP contribution in [0.5, 0.6) is 0 Å². The van der Waals surface area contributed by atoms with Crippen LogP contribution >= 0.6 is 0 Å². The van der Waals surface area contributed by atoms with Crippen LogP contribution < -0.4 is 11.5 Å². The third-order valence-corrected chi connectivity index (χ3v) is 1.87. The molecule has 4 N–H and O–H groups in total. The van der Waals surface area contributed by atoms with Crippen molar-refractivity contribution in [2.24, 2.45) is 21.5 Å². The van der Waals surface area contributed by atoms with Crippen LogP contribution in [0.4, 0.5) is 0 Å². The topological polar surface area (TPSA) is 80.0 Å². The van der Waals surface area contributed by atoms with E-state index in [0.717, 1.165) is 12.1 Å². The van der Waals surface area contributed by atoms with Gasteiger partial charge in [0.2, 0.25) is 5.96 Å². The van der Waals surface area contributed by atoms with Crippen LogP contribution in [0.15, 0.2) is 33.9 Å². The fourth-order valence-electron chi connectivity index (χ4n) is 1.20. The molecule has 0 aliphatic heterocycles. The number of rotatable bonds is 1. The van der Waals surface area contributed by atoms with E-state index < -0.39 is 0 Å². The average molecular weight is 193 g/mol. The second-order valence-corrected chi connectivity index (χ2v) is 2.89. The maximum Gasteiger partial charge on any atom is 0.227 e. The minimum absolute atomic E-state index is 0.0139. The van der Waals surface area contributed by atoms with E-state index in [-0.39, 0.29) is 5.96 Å². The molecule has 0 bridgehead atoms. The SMILES string of the molecule is CN=C(N=C(N)N)N(C)C1=CCC=C1. The molecule has 0 spiro atoms. The Morgan fingerprint density at radius 3 is 2.64 bits per heavy atom. The average Bonchev–Trinajstić information content (AvgIpc) is 2.65. The molecule has 0 saturated heterocycles. The number of hydrogen-bond acceptors (Lipinski definition) is 1. The first kappa shape index (κ1) is 10.3. The quantitative estimate of drug-likeness (QED) is 0.455. The van der Waals surface area contributed by atoms with E-state index in [9.17, 15) is 0 Å². The summed E-state index contributed by atoms with van der Waals surface area (Å²) in [6, 6.07) is 0. The molecule has 0 atom stereocenters. The smallest absolute Gasteiger partial charge is 0.227 e. The van der Waals surface area contributed by atoms with Crippen LogP contribution in [-0.2, 0) is 0 Å². The number of nitrogens with zero attached hydrogens (tertiary/aromatic N) is 3. The second-order valence-electron chi connectivity index (χ2n) is 2.89. The van der Waals surface area contributed by atoms with Crippen molar-refractivity contribution in [3.05, 3.63) is 23.9 Å². The summed E-state index contributed by atoms with van der Waals surface area (Å²) in [4.78, 5) is 9.74. The van der Waals surface area contributed by atoms with E-state index >= 15 is 0 Å². The minimum Gasteiger partial charge on any atom is -0.370 e. The van der Waals surface area contributed by atoms with Crippen LogP contribution in [0.2, 0.25) is 0 Å². The Kier molecular flexibility index (Phi) is 3.28. The van der Waals surface area contributed by atoms with Crippen LogP contribution in [-0.4, -0.2) is 30.9 Å². The van der Waals surface area contributed by atoms with Crippen LogP contribution in [0.3, 0.4) is 0 Å². The van der Waals surface area contributed by atoms with Gasteiger partial charge in [0.1, 0.15) is 0 Å². The molecule has 0 aromatic carbocycles. The summed E-state index contributed by atoms with van der Waals surface area (Å²) in [5.74, 6) is 0.517. The number of hydrogen-bond donors (Lipinski definition) is 2. The highest BCUT2D eigenvalue weighted by Crippen LogP contribution is 2.13. The summed E-state index contributed by atoms with van der Waals surface area (Å²) in [6.07, 6.45) is 7.09. The number of nitrogens with two attached hydrogens (primary N) is 2. The Bertz CT molecular complexity index is 320. The Hall–Kier alpha value is -1.78. The van der Waals surface area contributed by atoms with Gasteiger partial charge in [-0.3, -0.25) is 4.99 Å². The van der Waals surface area contributed by atoms with E-state index in [1.165, 1.54) is 0 Å². The molecule has 0 aromatic rings. The zero-order valence-corrected chi connectivity index (χ0v) is 8.44. The molecule has 14 heavy (non-hydrogen) atoms. The zero-order valence-electron chi connectivity index (χ0n) is 8.44. The Morgan fingerprint density at radius 2 is 2.21 bits per heavy atom. The molecule has 1 aliphatic rings. The van der Waals surface area contributed by atoms with Gasteiger partial charge in [-0.15, -0.1) is 0 Å². The van der Waals surface area contributed by atoms with Crippen molar-refractivity contribution in [2.75, 3.05) is 14.1 Å². The van der Waals surface area contributed by atoms with Gasteiger partial charge in [-0.25, -0.2) is 0 Å². The molecule has 0 fully saturated rings. The number of likely N-dealkylation sites (N-methyl/N-ethyl adjacent to an activating group) is 1. The predicted octanol–water partition coefficient (Wildman–Crippen LogP) is 0.0212. The van der Waals surface area contributed by atoms with Crippen molar-refractivity contribution in [2.45, 2.75) is 6.42 Å². The molecule has 5 nitrogen and oxygen atoms in total. The number of aliphatic imine (C=N–C) groups is 2. The molecular weight excluding hydrogens is 178 g/mol. The van der Waals surface area contributed by atoms with E-state index in [1.807, 2.05) is 18.0 Å². The molecule has 5 heteroatoms. The van der Waals surface area contributed by atoms with Gasteiger partial charge >= 0.3 is 0 Å². The summed E-state index contributed by atoms with van der Waals surface area (Å²) in [7, 11) is 3.52. The summed E-state index contributed by atoms with van der Waals surface area (Å²) >= 11 is 0.